The number of phenols is 1. The number of carbonyl (C=O) groups is 5. The number of aliphatic carboxylic acids is 1. The Kier molecular flexibility index (Phi) is 9.92. The second-order valence-electron chi connectivity index (χ2n) is 8.12. The van der Waals surface area contributed by atoms with Crippen molar-refractivity contribution in [3.63, 3.8) is 0 Å². The number of carboxylic acid groups (broad SMARTS) is 1. The van der Waals surface area contributed by atoms with Gasteiger partial charge in [-0.15, -0.1) is 0 Å². The lowest BCUT2D eigenvalue weighted by molar-refractivity contribution is -0.143. The number of carboxylic acids is 1. The van der Waals surface area contributed by atoms with Crippen LogP contribution in [0, 0.1) is 0 Å². The molecule has 0 spiro atoms. The molecule has 0 aliphatic carbocycles. The van der Waals surface area contributed by atoms with E-state index in [1.54, 1.807) is 12.1 Å². The lowest BCUT2D eigenvalue weighted by Crippen LogP contribution is -2.57. The first kappa shape index (κ1) is 27.8. The summed E-state index contributed by atoms with van der Waals surface area (Å²) in [5.74, 6) is -4.63. The van der Waals surface area contributed by atoms with Crippen molar-refractivity contribution in [1.82, 2.24) is 25.9 Å². The summed E-state index contributed by atoms with van der Waals surface area (Å²) in [5.41, 5.74) is 12.2. The van der Waals surface area contributed by atoms with Gasteiger partial charge in [0.1, 0.15) is 23.9 Å². The maximum atomic E-state index is 13.0. The molecule has 0 saturated carbocycles. The Morgan fingerprint density at radius 2 is 1.61 bits per heavy atom. The third-order valence-corrected chi connectivity index (χ3v) is 5.11. The predicted molar refractivity (Wildman–Crippen MR) is 125 cm³/mol. The Hall–Kier alpha value is -4.46. The summed E-state index contributed by atoms with van der Waals surface area (Å²) in [6.45, 7) is 1.31. The number of nitrogens with two attached hydrogens (primary N) is 2. The van der Waals surface area contributed by atoms with Crippen LogP contribution in [-0.2, 0) is 36.8 Å². The average molecular weight is 504 g/mol. The van der Waals surface area contributed by atoms with Gasteiger partial charge in [-0.1, -0.05) is 12.1 Å². The van der Waals surface area contributed by atoms with E-state index in [0.717, 1.165) is 0 Å². The van der Waals surface area contributed by atoms with Crippen molar-refractivity contribution in [3.8, 4) is 5.75 Å². The number of H-pyrrole nitrogens is 1. The van der Waals surface area contributed by atoms with Crippen molar-refractivity contribution >= 4 is 29.6 Å². The molecule has 36 heavy (non-hydrogen) atoms. The number of amides is 4. The van der Waals surface area contributed by atoms with Crippen LogP contribution in [0.2, 0.25) is 0 Å². The number of hydrogen-bond donors (Lipinski definition) is 8. The highest BCUT2D eigenvalue weighted by Crippen LogP contribution is 2.12. The molecule has 4 unspecified atom stereocenters. The number of carbonyl (C=O) groups excluding carboxylic acids is 4. The van der Waals surface area contributed by atoms with Gasteiger partial charge in [-0.3, -0.25) is 19.2 Å². The molecule has 4 amide bonds. The van der Waals surface area contributed by atoms with Gasteiger partial charge in [0.25, 0.3) is 0 Å². The fraction of sp³-hybridized carbons (Fsp3) is 0.364. The Morgan fingerprint density at radius 1 is 0.972 bits per heavy atom. The fourth-order valence-electron chi connectivity index (χ4n) is 3.16. The van der Waals surface area contributed by atoms with E-state index >= 15 is 0 Å². The van der Waals surface area contributed by atoms with E-state index in [0.29, 0.717) is 11.3 Å². The molecule has 2 rings (SSSR count). The first-order chi connectivity index (χ1) is 17.0. The van der Waals surface area contributed by atoms with Crippen molar-refractivity contribution in [1.29, 1.82) is 0 Å². The highest BCUT2D eigenvalue weighted by Gasteiger charge is 2.29. The standard InChI is InChI=1S/C22H29N7O7/c1-11(19(32)29-17(22(35)36)8-18(24)31)27-21(34)16(6-12-2-4-14(30)5-3-12)28-20(33)15(23)7-13-9-25-10-26-13/h2-5,9-11,15-17,30H,6-8,23H2,1H3,(H2,24,31)(H,25,26)(H,27,34)(H,28,33)(H,29,32)(H,35,36). The number of nitrogens with zero attached hydrogens (tertiary/aromatic N) is 1. The number of rotatable bonds is 13. The number of hydrogen-bond acceptors (Lipinski definition) is 8. The number of phenolic OH excluding ortho intramolecular Hbond substituents is 1. The van der Waals surface area contributed by atoms with Crippen LogP contribution in [0.15, 0.2) is 36.8 Å². The Morgan fingerprint density at radius 3 is 2.17 bits per heavy atom. The molecule has 2 aromatic rings. The molecule has 1 heterocycles. The monoisotopic (exact) mass is 503 g/mol. The van der Waals surface area contributed by atoms with Crippen LogP contribution in [0.25, 0.3) is 0 Å². The van der Waals surface area contributed by atoms with Crippen LogP contribution in [0.5, 0.6) is 5.75 Å². The zero-order valence-electron chi connectivity index (χ0n) is 19.4. The van der Waals surface area contributed by atoms with E-state index in [-0.39, 0.29) is 18.6 Å². The smallest absolute Gasteiger partial charge is 0.326 e. The van der Waals surface area contributed by atoms with Gasteiger partial charge < -0.3 is 42.6 Å². The summed E-state index contributed by atoms with van der Waals surface area (Å²) in [7, 11) is 0. The lowest BCUT2D eigenvalue weighted by Gasteiger charge is -2.23. The van der Waals surface area contributed by atoms with Crippen molar-refractivity contribution in [2.24, 2.45) is 11.5 Å². The molecule has 0 aliphatic heterocycles. The van der Waals surface area contributed by atoms with Crippen molar-refractivity contribution in [2.75, 3.05) is 0 Å². The molecule has 14 nitrogen and oxygen atoms in total. The number of benzene rings is 1. The molecule has 0 fully saturated rings. The van der Waals surface area contributed by atoms with Crippen molar-refractivity contribution < 1.29 is 34.2 Å². The van der Waals surface area contributed by atoms with Gasteiger partial charge in [0, 0.05) is 24.7 Å². The number of imidazole rings is 1. The van der Waals surface area contributed by atoms with E-state index in [4.69, 9.17) is 16.6 Å². The number of primary amides is 1. The minimum absolute atomic E-state index is 0.00238. The van der Waals surface area contributed by atoms with Crippen molar-refractivity contribution in [2.45, 2.75) is 50.4 Å². The molecule has 194 valence electrons. The Balaban J connectivity index is 2.10. The van der Waals surface area contributed by atoms with Crippen LogP contribution in [0.4, 0.5) is 0 Å². The maximum Gasteiger partial charge on any atom is 0.326 e. The SMILES string of the molecule is CC(NC(=O)C(Cc1ccc(O)cc1)NC(=O)C(N)Cc1cnc[nH]1)C(=O)NC(CC(N)=O)C(=O)O. The van der Waals surface area contributed by atoms with Crippen LogP contribution in [0.3, 0.4) is 0 Å². The number of nitrogens with one attached hydrogen (secondary N) is 4. The maximum absolute atomic E-state index is 13.0. The Bertz CT molecular complexity index is 1070. The van der Waals surface area contributed by atoms with Crippen LogP contribution in [0.1, 0.15) is 24.6 Å². The van der Waals surface area contributed by atoms with Crippen molar-refractivity contribution in [3.05, 3.63) is 48.0 Å². The molecule has 0 aliphatic rings. The third-order valence-electron chi connectivity index (χ3n) is 5.11. The summed E-state index contributed by atoms with van der Waals surface area (Å²) >= 11 is 0. The molecule has 10 N–H and O–H groups in total. The van der Waals surface area contributed by atoms with E-state index < -0.39 is 60.2 Å². The van der Waals surface area contributed by atoms with E-state index in [9.17, 15) is 29.1 Å². The Labute approximate surface area is 205 Å². The minimum atomic E-state index is -1.57. The quantitative estimate of drug-likeness (QED) is 0.146. The summed E-state index contributed by atoms with van der Waals surface area (Å²) in [6, 6.07) is 0.992. The van der Waals surface area contributed by atoms with Gasteiger partial charge in [-0.2, -0.15) is 0 Å². The number of aromatic hydroxyl groups is 1. The largest absolute Gasteiger partial charge is 0.508 e. The summed E-state index contributed by atoms with van der Waals surface area (Å²) in [6.07, 6.45) is 2.45. The lowest BCUT2D eigenvalue weighted by atomic mass is 10.0. The van der Waals surface area contributed by atoms with Gasteiger partial charge in [0.15, 0.2) is 0 Å². The molecule has 0 bridgehead atoms. The molecule has 14 heteroatoms. The molecular weight excluding hydrogens is 474 g/mol. The summed E-state index contributed by atoms with van der Waals surface area (Å²) < 4.78 is 0. The zero-order chi connectivity index (χ0) is 26.8. The topological polar surface area (TPSA) is 243 Å². The van der Waals surface area contributed by atoms with Crippen LogP contribution in [-0.4, -0.2) is 73.9 Å². The molecule has 1 aromatic heterocycles. The van der Waals surface area contributed by atoms with Gasteiger partial charge in [-0.05, 0) is 24.6 Å². The minimum Gasteiger partial charge on any atom is -0.508 e. The first-order valence-corrected chi connectivity index (χ1v) is 10.9. The predicted octanol–water partition coefficient (Wildman–Crippen LogP) is -2.34. The molecule has 0 radical (unpaired) electrons. The van der Waals surface area contributed by atoms with Gasteiger partial charge in [0.05, 0.1) is 18.8 Å². The van der Waals surface area contributed by atoms with E-state index in [1.165, 1.54) is 31.6 Å². The van der Waals surface area contributed by atoms with Gasteiger partial charge >= 0.3 is 5.97 Å². The molecular formula is C22H29N7O7. The highest BCUT2D eigenvalue weighted by molar-refractivity contribution is 5.94. The molecule has 4 atom stereocenters. The number of aromatic nitrogens is 2. The third kappa shape index (κ3) is 8.72. The van der Waals surface area contributed by atoms with Crippen LogP contribution >= 0.6 is 0 Å². The van der Waals surface area contributed by atoms with E-state index in [1.807, 2.05) is 0 Å². The normalized spacial score (nSPS) is 14.1. The average Bonchev–Trinajstić information content (AvgIpc) is 3.31. The zero-order valence-corrected chi connectivity index (χ0v) is 19.4. The van der Waals surface area contributed by atoms with Gasteiger partial charge in [-0.25, -0.2) is 9.78 Å². The summed E-state index contributed by atoms with van der Waals surface area (Å²) in [4.78, 5) is 67.1. The second kappa shape index (κ2) is 12.9. The fourth-order valence-corrected chi connectivity index (χ4v) is 3.16. The van der Waals surface area contributed by atoms with E-state index in [2.05, 4.69) is 25.9 Å². The second-order valence-corrected chi connectivity index (χ2v) is 8.12. The van der Waals surface area contributed by atoms with Crippen LogP contribution < -0.4 is 27.4 Å². The first-order valence-electron chi connectivity index (χ1n) is 10.9. The van der Waals surface area contributed by atoms with Gasteiger partial charge in [0.2, 0.25) is 23.6 Å². The highest BCUT2D eigenvalue weighted by atomic mass is 16.4. The number of aromatic amines is 1. The summed E-state index contributed by atoms with van der Waals surface area (Å²) in [5, 5.41) is 25.8. The molecule has 1 aromatic carbocycles. The molecule has 0 saturated heterocycles.